The van der Waals surface area contributed by atoms with E-state index >= 15 is 0 Å². The van der Waals surface area contributed by atoms with Gasteiger partial charge in [0.15, 0.2) is 0 Å². The Balaban J connectivity index is 1.31. The third kappa shape index (κ3) is 9.95. The second-order valence-corrected chi connectivity index (χ2v) is 11.4. The Morgan fingerprint density at radius 2 is 1.32 bits per heavy atom. The molecule has 1 aromatic carbocycles. The number of carbonyl (C=O) groups excluding carboxylic acids is 2. The molecule has 3 aliphatic heterocycles. The van der Waals surface area contributed by atoms with Crippen LogP contribution in [0.25, 0.3) is 0 Å². The highest BCUT2D eigenvalue weighted by Crippen LogP contribution is 2.31. The van der Waals surface area contributed by atoms with Crippen LogP contribution < -0.4 is 14.8 Å². The first-order valence-electron chi connectivity index (χ1n) is 15.9. The number of morpholine rings is 2. The zero-order chi connectivity index (χ0) is 31.3. The van der Waals surface area contributed by atoms with E-state index in [0.29, 0.717) is 74.4 Å². The zero-order valence-corrected chi connectivity index (χ0v) is 26.7. The maximum atomic E-state index is 13.7. The number of carbonyl (C=O) groups is 2. The Hall–Kier alpha value is -3.12. The van der Waals surface area contributed by atoms with Gasteiger partial charge in [-0.05, 0) is 44.5 Å². The minimum absolute atomic E-state index is 0.0702. The Kier molecular flexibility index (Phi) is 13.3. The number of esters is 2. The molecule has 2 saturated heterocycles. The standard InChI is InChI=1S/C33H49N3O8/c1-5-6-15-41-27-7-9-28(10-8-27)42-20-21-43-32(37)30-24(2)31(26(4)34-25(30)3)33(38)44-29(22-35-11-16-39-17-12-35)23-36-13-18-40-19-14-36/h7-10,24,29,34H,5-6,11-23H2,1-4H3. The monoisotopic (exact) mass is 615 g/mol. The van der Waals surface area contributed by atoms with Gasteiger partial charge in [0.2, 0.25) is 0 Å². The van der Waals surface area contributed by atoms with Gasteiger partial charge in [-0.3, -0.25) is 9.80 Å². The minimum atomic E-state index is -0.496. The molecule has 44 heavy (non-hydrogen) atoms. The molecular weight excluding hydrogens is 566 g/mol. The quantitative estimate of drug-likeness (QED) is 0.232. The summed E-state index contributed by atoms with van der Waals surface area (Å²) in [5, 5.41) is 3.21. The van der Waals surface area contributed by atoms with Crippen molar-refractivity contribution in [2.45, 2.75) is 46.6 Å². The summed E-state index contributed by atoms with van der Waals surface area (Å²) in [7, 11) is 0. The van der Waals surface area contributed by atoms with Crippen molar-refractivity contribution >= 4 is 11.9 Å². The average molecular weight is 616 g/mol. The normalized spacial score (nSPS) is 20.0. The fraction of sp³-hybridized carbons (Fsp3) is 0.636. The number of allylic oxidation sites excluding steroid dienone is 2. The van der Waals surface area contributed by atoms with Crippen molar-refractivity contribution in [3.05, 3.63) is 46.8 Å². The molecule has 4 rings (SSSR count). The lowest BCUT2D eigenvalue weighted by Gasteiger charge is -2.35. The molecule has 3 aliphatic rings. The lowest BCUT2D eigenvalue weighted by atomic mass is 9.87. The number of nitrogens with zero attached hydrogens (tertiary/aromatic N) is 2. The maximum Gasteiger partial charge on any atom is 0.336 e. The van der Waals surface area contributed by atoms with Gasteiger partial charge in [0, 0.05) is 56.6 Å². The Labute approximate surface area is 261 Å². The van der Waals surface area contributed by atoms with E-state index in [-0.39, 0.29) is 19.3 Å². The van der Waals surface area contributed by atoms with E-state index in [1.54, 1.807) is 0 Å². The first kappa shape index (κ1) is 33.8. The van der Waals surface area contributed by atoms with Crippen molar-refractivity contribution in [3.8, 4) is 11.5 Å². The second-order valence-electron chi connectivity index (χ2n) is 11.4. The van der Waals surface area contributed by atoms with Gasteiger partial charge in [-0.1, -0.05) is 20.3 Å². The van der Waals surface area contributed by atoms with Gasteiger partial charge < -0.3 is 33.7 Å². The number of hydrogen-bond donors (Lipinski definition) is 1. The number of benzene rings is 1. The van der Waals surface area contributed by atoms with Crippen LogP contribution >= 0.6 is 0 Å². The molecule has 1 unspecified atom stereocenters. The number of unbranched alkanes of at least 4 members (excludes halogenated alkanes) is 1. The minimum Gasteiger partial charge on any atom is -0.494 e. The Morgan fingerprint density at radius 1 is 0.818 bits per heavy atom. The van der Waals surface area contributed by atoms with Crippen LogP contribution in [0.4, 0.5) is 0 Å². The Bertz CT molecular complexity index is 1120. The van der Waals surface area contributed by atoms with Crippen LogP contribution in [0.1, 0.15) is 40.5 Å². The van der Waals surface area contributed by atoms with Gasteiger partial charge in [0.25, 0.3) is 0 Å². The average Bonchev–Trinajstić information content (AvgIpc) is 3.01. The largest absolute Gasteiger partial charge is 0.494 e. The molecule has 3 heterocycles. The van der Waals surface area contributed by atoms with Crippen LogP contribution in [0, 0.1) is 5.92 Å². The van der Waals surface area contributed by atoms with Crippen molar-refractivity contribution in [1.29, 1.82) is 0 Å². The molecule has 0 aliphatic carbocycles. The van der Waals surface area contributed by atoms with Crippen LogP contribution in [0.3, 0.4) is 0 Å². The molecule has 2 fully saturated rings. The number of hydrogen-bond acceptors (Lipinski definition) is 11. The van der Waals surface area contributed by atoms with Gasteiger partial charge in [-0.2, -0.15) is 0 Å². The third-order valence-corrected chi connectivity index (χ3v) is 8.07. The summed E-state index contributed by atoms with van der Waals surface area (Å²) in [6.45, 7) is 15.7. The van der Waals surface area contributed by atoms with E-state index in [2.05, 4.69) is 22.0 Å². The molecule has 0 saturated carbocycles. The predicted octanol–water partition coefficient (Wildman–Crippen LogP) is 3.15. The van der Waals surface area contributed by atoms with Gasteiger partial charge in [0.1, 0.15) is 30.8 Å². The molecule has 244 valence electrons. The molecular formula is C33H49N3O8. The summed E-state index contributed by atoms with van der Waals surface area (Å²) in [5.74, 6) is 0.0628. The van der Waals surface area contributed by atoms with Crippen LogP contribution in [0.2, 0.25) is 0 Å². The SMILES string of the molecule is CCCCOc1ccc(OCCOC(=O)C2=C(C)NC(C)=C(C(=O)OC(CN3CCOCC3)CN3CCOCC3)C2C)cc1. The molecule has 0 aromatic heterocycles. The predicted molar refractivity (Wildman–Crippen MR) is 165 cm³/mol. The molecule has 1 atom stereocenters. The summed E-state index contributed by atoms with van der Waals surface area (Å²) in [4.78, 5) is 31.5. The topological polar surface area (TPSA) is 108 Å². The first-order valence-corrected chi connectivity index (χ1v) is 15.9. The summed E-state index contributed by atoms with van der Waals surface area (Å²) in [6, 6.07) is 7.39. The number of ether oxygens (including phenoxy) is 6. The van der Waals surface area contributed by atoms with Crippen LogP contribution in [-0.2, 0) is 28.5 Å². The highest BCUT2D eigenvalue weighted by molar-refractivity contribution is 5.97. The van der Waals surface area contributed by atoms with E-state index in [0.717, 1.165) is 44.8 Å². The first-order chi connectivity index (χ1) is 21.4. The molecule has 0 radical (unpaired) electrons. The van der Waals surface area contributed by atoms with E-state index in [9.17, 15) is 9.59 Å². The smallest absolute Gasteiger partial charge is 0.336 e. The summed E-state index contributed by atoms with van der Waals surface area (Å²) in [6.07, 6.45) is 1.76. The van der Waals surface area contributed by atoms with Crippen LogP contribution in [-0.4, -0.2) is 113 Å². The van der Waals surface area contributed by atoms with E-state index < -0.39 is 17.9 Å². The van der Waals surface area contributed by atoms with E-state index in [4.69, 9.17) is 28.4 Å². The van der Waals surface area contributed by atoms with Crippen molar-refractivity contribution < 1.29 is 38.0 Å². The fourth-order valence-electron chi connectivity index (χ4n) is 5.70. The molecule has 0 amide bonds. The third-order valence-electron chi connectivity index (χ3n) is 8.07. The summed E-state index contributed by atoms with van der Waals surface area (Å²) < 4.78 is 34.2. The van der Waals surface area contributed by atoms with Crippen LogP contribution in [0.5, 0.6) is 11.5 Å². The van der Waals surface area contributed by atoms with Gasteiger partial charge in [-0.25, -0.2) is 9.59 Å². The molecule has 1 N–H and O–H groups in total. The lowest BCUT2D eigenvalue weighted by molar-refractivity contribution is -0.148. The summed E-state index contributed by atoms with van der Waals surface area (Å²) in [5.41, 5.74) is 2.19. The number of nitrogens with one attached hydrogen (secondary N) is 1. The van der Waals surface area contributed by atoms with Gasteiger partial charge in [-0.15, -0.1) is 0 Å². The number of rotatable bonds is 15. The maximum absolute atomic E-state index is 13.7. The molecule has 0 bridgehead atoms. The van der Waals surface area contributed by atoms with Gasteiger partial charge in [0.05, 0.1) is 44.2 Å². The van der Waals surface area contributed by atoms with E-state index in [1.807, 2.05) is 45.0 Å². The Morgan fingerprint density at radius 3 is 1.84 bits per heavy atom. The molecule has 11 nitrogen and oxygen atoms in total. The van der Waals surface area contributed by atoms with Gasteiger partial charge >= 0.3 is 11.9 Å². The second kappa shape index (κ2) is 17.4. The summed E-state index contributed by atoms with van der Waals surface area (Å²) >= 11 is 0. The lowest BCUT2D eigenvalue weighted by Crippen LogP contribution is -2.48. The molecule has 11 heteroatoms. The molecule has 1 aromatic rings. The van der Waals surface area contributed by atoms with E-state index in [1.165, 1.54) is 0 Å². The van der Waals surface area contributed by atoms with Crippen molar-refractivity contribution in [1.82, 2.24) is 15.1 Å². The zero-order valence-electron chi connectivity index (χ0n) is 26.7. The van der Waals surface area contributed by atoms with Crippen LogP contribution in [0.15, 0.2) is 46.8 Å². The number of dihydropyridines is 1. The van der Waals surface area contributed by atoms with Crippen molar-refractivity contribution in [3.63, 3.8) is 0 Å². The fourth-order valence-corrected chi connectivity index (χ4v) is 5.70. The van der Waals surface area contributed by atoms with Crippen molar-refractivity contribution in [2.24, 2.45) is 5.92 Å². The van der Waals surface area contributed by atoms with Crippen molar-refractivity contribution in [2.75, 3.05) is 85.5 Å². The highest BCUT2D eigenvalue weighted by atomic mass is 16.6. The molecule has 0 spiro atoms. The highest BCUT2D eigenvalue weighted by Gasteiger charge is 2.35.